The van der Waals surface area contributed by atoms with Crippen molar-refractivity contribution in [3.63, 3.8) is 0 Å². The quantitative estimate of drug-likeness (QED) is 0.546. The highest BCUT2D eigenvalue weighted by atomic mass is 16.5. The van der Waals surface area contributed by atoms with Gasteiger partial charge in [0.15, 0.2) is 0 Å². The van der Waals surface area contributed by atoms with Crippen molar-refractivity contribution in [3.05, 3.63) is 0 Å². The Morgan fingerprint density at radius 1 is 0.833 bits per heavy atom. The van der Waals surface area contributed by atoms with E-state index in [0.29, 0.717) is 38.8 Å². The van der Waals surface area contributed by atoms with Gasteiger partial charge >= 0.3 is 0 Å². The van der Waals surface area contributed by atoms with Crippen LogP contribution in [0.25, 0.3) is 0 Å². The van der Waals surface area contributed by atoms with Gasteiger partial charge in [-0.3, -0.25) is 9.59 Å². The molecule has 0 aromatic carbocycles. The van der Waals surface area contributed by atoms with Crippen LogP contribution in [-0.4, -0.2) is 34.9 Å². The standard InChI is InChI=1S/C14H27NO3/c1-3-5-7-13(16)9-11-15(18)12-10-14(17)8-6-4-2/h18H,3-12H2,1-2H3. The monoisotopic (exact) mass is 257 g/mol. The Labute approximate surface area is 110 Å². The Balaban J connectivity index is 3.55. The molecule has 0 heterocycles. The van der Waals surface area contributed by atoms with Gasteiger partial charge in [0.1, 0.15) is 11.6 Å². The van der Waals surface area contributed by atoms with Gasteiger partial charge in [0.05, 0.1) is 0 Å². The van der Waals surface area contributed by atoms with E-state index < -0.39 is 0 Å². The maximum Gasteiger partial charge on any atom is 0.134 e. The molecule has 0 aromatic rings. The van der Waals surface area contributed by atoms with Gasteiger partial charge in [0.25, 0.3) is 0 Å². The first kappa shape index (κ1) is 17.3. The van der Waals surface area contributed by atoms with Crippen LogP contribution in [0.15, 0.2) is 0 Å². The van der Waals surface area contributed by atoms with Gasteiger partial charge in [0.2, 0.25) is 0 Å². The first-order chi connectivity index (χ1) is 8.60. The van der Waals surface area contributed by atoms with Gasteiger partial charge in [-0.15, -0.1) is 0 Å². The number of Topliss-reactive ketones (excluding diaryl/α,β-unsaturated/α-hetero) is 2. The number of ketones is 2. The van der Waals surface area contributed by atoms with E-state index in [2.05, 4.69) is 0 Å². The lowest BCUT2D eigenvalue weighted by Crippen LogP contribution is -2.25. The smallest absolute Gasteiger partial charge is 0.134 e. The lowest BCUT2D eigenvalue weighted by molar-refractivity contribution is -0.129. The Hall–Kier alpha value is -0.740. The molecule has 0 saturated heterocycles. The van der Waals surface area contributed by atoms with Crippen LogP contribution >= 0.6 is 0 Å². The first-order valence-electron chi connectivity index (χ1n) is 7.07. The molecule has 0 radical (unpaired) electrons. The van der Waals surface area contributed by atoms with Crippen LogP contribution in [-0.2, 0) is 9.59 Å². The zero-order chi connectivity index (χ0) is 13.8. The van der Waals surface area contributed by atoms with Crippen LogP contribution in [0, 0.1) is 0 Å². The molecule has 4 heteroatoms. The third-order valence-corrected chi connectivity index (χ3v) is 2.92. The molecule has 1 N–H and O–H groups in total. The predicted octanol–water partition coefficient (Wildman–Crippen LogP) is 2.98. The van der Waals surface area contributed by atoms with E-state index >= 15 is 0 Å². The molecule has 0 aliphatic heterocycles. The van der Waals surface area contributed by atoms with E-state index in [9.17, 15) is 14.8 Å². The summed E-state index contributed by atoms with van der Waals surface area (Å²) in [7, 11) is 0. The topological polar surface area (TPSA) is 57.6 Å². The third kappa shape index (κ3) is 10.4. The van der Waals surface area contributed by atoms with Crippen LogP contribution in [0.3, 0.4) is 0 Å². The molecule has 0 fully saturated rings. The molecule has 4 nitrogen and oxygen atoms in total. The molecule has 0 unspecified atom stereocenters. The van der Waals surface area contributed by atoms with Crippen molar-refractivity contribution < 1.29 is 14.8 Å². The molecule has 0 bridgehead atoms. The highest BCUT2D eigenvalue weighted by Gasteiger charge is 2.08. The zero-order valence-electron chi connectivity index (χ0n) is 11.8. The van der Waals surface area contributed by atoms with Gasteiger partial charge in [-0.2, -0.15) is 5.06 Å². The average Bonchev–Trinajstić information content (AvgIpc) is 2.37. The second kappa shape index (κ2) is 11.4. The summed E-state index contributed by atoms with van der Waals surface area (Å²) >= 11 is 0. The van der Waals surface area contributed by atoms with E-state index in [1.807, 2.05) is 13.8 Å². The fourth-order valence-corrected chi connectivity index (χ4v) is 1.62. The second-order valence-electron chi connectivity index (χ2n) is 4.74. The molecular weight excluding hydrogens is 230 g/mol. The largest absolute Gasteiger partial charge is 0.314 e. The maximum absolute atomic E-state index is 11.4. The summed E-state index contributed by atoms with van der Waals surface area (Å²) in [4.78, 5) is 22.8. The van der Waals surface area contributed by atoms with Crippen LogP contribution in [0.1, 0.15) is 65.2 Å². The average molecular weight is 257 g/mol. The van der Waals surface area contributed by atoms with Crippen molar-refractivity contribution in [1.29, 1.82) is 0 Å². The maximum atomic E-state index is 11.4. The minimum absolute atomic E-state index is 0.188. The minimum Gasteiger partial charge on any atom is -0.314 e. The predicted molar refractivity (Wildman–Crippen MR) is 71.7 cm³/mol. The van der Waals surface area contributed by atoms with Crippen molar-refractivity contribution in [3.8, 4) is 0 Å². The molecule has 0 rings (SSSR count). The molecule has 0 saturated carbocycles. The molecule has 0 aliphatic rings. The van der Waals surface area contributed by atoms with Crippen molar-refractivity contribution >= 4 is 11.6 Å². The molecule has 0 spiro atoms. The van der Waals surface area contributed by atoms with Crippen molar-refractivity contribution in [2.45, 2.75) is 65.2 Å². The van der Waals surface area contributed by atoms with Crippen LogP contribution in [0.5, 0.6) is 0 Å². The number of carbonyl (C=O) groups excluding carboxylic acids is 2. The van der Waals surface area contributed by atoms with Crippen LogP contribution in [0.2, 0.25) is 0 Å². The Morgan fingerprint density at radius 2 is 1.22 bits per heavy atom. The first-order valence-corrected chi connectivity index (χ1v) is 7.07. The van der Waals surface area contributed by atoms with E-state index in [1.54, 1.807) is 0 Å². The molecule has 0 aromatic heterocycles. The molecule has 0 aliphatic carbocycles. The third-order valence-electron chi connectivity index (χ3n) is 2.92. The van der Waals surface area contributed by atoms with Crippen molar-refractivity contribution in [2.75, 3.05) is 13.1 Å². The number of rotatable bonds is 12. The van der Waals surface area contributed by atoms with Crippen molar-refractivity contribution in [2.24, 2.45) is 0 Å². The molecule has 0 amide bonds. The molecule has 0 atom stereocenters. The summed E-state index contributed by atoms with van der Waals surface area (Å²) in [6, 6.07) is 0. The summed E-state index contributed by atoms with van der Waals surface area (Å²) in [5, 5.41) is 10.6. The Morgan fingerprint density at radius 3 is 1.56 bits per heavy atom. The molecular formula is C14H27NO3. The number of hydrogen-bond acceptors (Lipinski definition) is 4. The highest BCUT2D eigenvalue weighted by Crippen LogP contribution is 2.02. The fraction of sp³-hybridized carbons (Fsp3) is 0.857. The Kier molecular flexibility index (Phi) is 10.9. The second-order valence-corrected chi connectivity index (χ2v) is 4.74. The van der Waals surface area contributed by atoms with Gasteiger partial charge in [0, 0.05) is 38.8 Å². The minimum atomic E-state index is 0.188. The summed E-state index contributed by atoms with van der Waals surface area (Å²) in [6.45, 7) is 4.77. The van der Waals surface area contributed by atoms with Crippen LogP contribution in [0.4, 0.5) is 0 Å². The number of hydroxylamine groups is 2. The van der Waals surface area contributed by atoms with E-state index in [1.165, 1.54) is 0 Å². The number of carbonyl (C=O) groups is 2. The van der Waals surface area contributed by atoms with E-state index in [4.69, 9.17) is 0 Å². The van der Waals surface area contributed by atoms with Gasteiger partial charge in [-0.25, -0.2) is 0 Å². The molecule has 18 heavy (non-hydrogen) atoms. The van der Waals surface area contributed by atoms with Gasteiger partial charge < -0.3 is 5.21 Å². The summed E-state index contributed by atoms with van der Waals surface area (Å²) in [5.41, 5.74) is 0. The van der Waals surface area contributed by atoms with Gasteiger partial charge in [-0.1, -0.05) is 26.7 Å². The summed E-state index contributed by atoms with van der Waals surface area (Å²) in [5.74, 6) is 0.376. The highest BCUT2D eigenvalue weighted by molar-refractivity contribution is 5.79. The Bertz CT molecular complexity index is 217. The number of hydrogen-bond donors (Lipinski definition) is 1. The van der Waals surface area contributed by atoms with Crippen molar-refractivity contribution in [1.82, 2.24) is 5.06 Å². The fourth-order valence-electron chi connectivity index (χ4n) is 1.62. The van der Waals surface area contributed by atoms with Gasteiger partial charge in [-0.05, 0) is 12.8 Å². The lowest BCUT2D eigenvalue weighted by Gasteiger charge is -2.13. The number of unbranched alkanes of at least 4 members (excludes halogenated alkanes) is 2. The summed E-state index contributed by atoms with van der Waals surface area (Å²) in [6.07, 6.45) is 5.80. The SMILES string of the molecule is CCCCC(=O)CCN(O)CCC(=O)CCCC. The summed E-state index contributed by atoms with van der Waals surface area (Å²) < 4.78 is 0. The number of nitrogens with zero attached hydrogens (tertiary/aromatic N) is 1. The van der Waals surface area contributed by atoms with Crippen LogP contribution < -0.4 is 0 Å². The van der Waals surface area contributed by atoms with E-state index in [-0.39, 0.29) is 11.6 Å². The van der Waals surface area contributed by atoms with E-state index in [0.717, 1.165) is 30.7 Å². The lowest BCUT2D eigenvalue weighted by atomic mass is 10.1. The zero-order valence-corrected chi connectivity index (χ0v) is 11.8. The molecule has 106 valence electrons. The normalized spacial score (nSPS) is 10.9.